The number of methoxy groups -OCH3 is 1. The third kappa shape index (κ3) is 2.36. The van der Waals surface area contributed by atoms with Crippen LogP contribution < -0.4 is 4.74 Å². The van der Waals surface area contributed by atoms with Crippen LogP contribution in [0.4, 0.5) is 0 Å². The topological polar surface area (TPSA) is 48.2 Å². The van der Waals surface area contributed by atoms with E-state index in [-0.39, 0.29) is 0 Å². The highest BCUT2D eigenvalue weighted by Gasteiger charge is 2.07. The number of aromatic nitrogens is 2. The van der Waals surface area contributed by atoms with E-state index in [9.17, 15) is 0 Å². The maximum Gasteiger partial charge on any atom is 0.247 e. The molecule has 1 aromatic carbocycles. The Balaban J connectivity index is 2.21. The van der Waals surface area contributed by atoms with Gasteiger partial charge in [0.1, 0.15) is 5.75 Å². The van der Waals surface area contributed by atoms with Crippen molar-refractivity contribution in [1.82, 2.24) is 10.2 Å². The number of rotatable bonds is 4. The molecule has 16 heavy (non-hydrogen) atoms. The number of thiol groups is 1. The molecule has 4 nitrogen and oxygen atoms in total. The molecule has 5 heteroatoms. The average Bonchev–Trinajstić information content (AvgIpc) is 2.78. The molecule has 0 N–H and O–H groups in total. The third-order valence-electron chi connectivity index (χ3n) is 2.13. The molecule has 0 atom stereocenters. The van der Waals surface area contributed by atoms with Gasteiger partial charge in [-0.3, -0.25) is 0 Å². The van der Waals surface area contributed by atoms with Gasteiger partial charge in [-0.05, 0) is 30.0 Å². The van der Waals surface area contributed by atoms with E-state index in [4.69, 9.17) is 9.15 Å². The summed E-state index contributed by atoms with van der Waals surface area (Å²) in [4.78, 5) is 0. The lowest BCUT2D eigenvalue weighted by molar-refractivity contribution is 0.415. The molecule has 0 aliphatic carbocycles. The molecular weight excluding hydrogens is 224 g/mol. The Morgan fingerprint density at radius 2 is 2.00 bits per heavy atom. The number of benzene rings is 1. The highest BCUT2D eigenvalue weighted by molar-refractivity contribution is 7.80. The van der Waals surface area contributed by atoms with Gasteiger partial charge in [0.05, 0.1) is 7.11 Å². The Labute approximate surface area is 99.1 Å². The standard InChI is InChI=1S/C11H12N2O2S/c1-14-9-4-2-8(3-5-9)11-13-12-10(15-11)6-7-16/h2-5,16H,6-7H2,1H3. The average molecular weight is 236 g/mol. The van der Waals surface area contributed by atoms with Crippen LogP contribution in [0.5, 0.6) is 5.75 Å². The molecule has 0 saturated carbocycles. The fourth-order valence-electron chi connectivity index (χ4n) is 1.30. The summed E-state index contributed by atoms with van der Waals surface area (Å²) >= 11 is 4.11. The summed E-state index contributed by atoms with van der Waals surface area (Å²) in [6.07, 6.45) is 0.687. The van der Waals surface area contributed by atoms with Crippen LogP contribution in [0, 0.1) is 0 Å². The highest BCUT2D eigenvalue weighted by Crippen LogP contribution is 2.21. The van der Waals surface area contributed by atoms with Crippen molar-refractivity contribution in [3.8, 4) is 17.2 Å². The summed E-state index contributed by atoms with van der Waals surface area (Å²) in [5.74, 6) is 2.64. The lowest BCUT2D eigenvalue weighted by atomic mass is 10.2. The number of aryl methyl sites for hydroxylation is 1. The number of hydrogen-bond donors (Lipinski definition) is 1. The van der Waals surface area contributed by atoms with Crippen molar-refractivity contribution in [3.05, 3.63) is 30.2 Å². The van der Waals surface area contributed by atoms with E-state index < -0.39 is 0 Å². The van der Waals surface area contributed by atoms with Crippen LogP contribution in [0.3, 0.4) is 0 Å². The monoisotopic (exact) mass is 236 g/mol. The van der Waals surface area contributed by atoms with Crippen molar-refractivity contribution >= 4 is 12.6 Å². The number of ether oxygens (including phenoxy) is 1. The summed E-state index contributed by atoms with van der Waals surface area (Å²) in [6.45, 7) is 0. The molecule has 2 aromatic rings. The first-order chi connectivity index (χ1) is 7.83. The molecule has 0 amide bonds. The predicted octanol–water partition coefficient (Wildman–Crippen LogP) is 2.22. The molecule has 1 heterocycles. The molecule has 0 radical (unpaired) electrons. The molecule has 0 unspecified atom stereocenters. The SMILES string of the molecule is COc1ccc(-c2nnc(CCS)o2)cc1. The smallest absolute Gasteiger partial charge is 0.247 e. The van der Waals surface area contributed by atoms with E-state index in [0.717, 1.165) is 11.3 Å². The zero-order valence-corrected chi connectivity index (χ0v) is 9.78. The van der Waals surface area contributed by atoms with Crippen molar-refractivity contribution in [1.29, 1.82) is 0 Å². The van der Waals surface area contributed by atoms with Gasteiger partial charge in [0.2, 0.25) is 11.8 Å². The quantitative estimate of drug-likeness (QED) is 0.827. The summed E-state index contributed by atoms with van der Waals surface area (Å²) in [6, 6.07) is 7.49. The first-order valence-corrected chi connectivity index (χ1v) is 5.54. The predicted molar refractivity (Wildman–Crippen MR) is 63.8 cm³/mol. The molecule has 2 rings (SSSR count). The van der Waals surface area contributed by atoms with Crippen LogP contribution in [0.25, 0.3) is 11.5 Å². The molecular formula is C11H12N2O2S. The van der Waals surface area contributed by atoms with Gasteiger partial charge < -0.3 is 9.15 Å². The van der Waals surface area contributed by atoms with Gasteiger partial charge >= 0.3 is 0 Å². The highest BCUT2D eigenvalue weighted by atomic mass is 32.1. The fraction of sp³-hybridized carbons (Fsp3) is 0.273. The molecule has 0 aliphatic rings. The molecule has 0 spiro atoms. The van der Waals surface area contributed by atoms with E-state index in [1.165, 1.54) is 0 Å². The first-order valence-electron chi connectivity index (χ1n) is 4.91. The van der Waals surface area contributed by atoms with Crippen molar-refractivity contribution in [2.45, 2.75) is 6.42 Å². The van der Waals surface area contributed by atoms with Crippen LogP contribution in [0.1, 0.15) is 5.89 Å². The van der Waals surface area contributed by atoms with Gasteiger partial charge in [-0.2, -0.15) is 12.6 Å². The number of nitrogens with zero attached hydrogens (tertiary/aromatic N) is 2. The molecule has 0 bridgehead atoms. The van der Waals surface area contributed by atoms with Crippen LogP contribution >= 0.6 is 12.6 Å². The Morgan fingerprint density at radius 3 is 2.62 bits per heavy atom. The van der Waals surface area contributed by atoms with Crippen molar-refractivity contribution in [2.75, 3.05) is 12.9 Å². The Hall–Kier alpha value is -1.49. The maximum absolute atomic E-state index is 5.47. The van der Waals surface area contributed by atoms with Gasteiger partial charge in [0.15, 0.2) is 0 Å². The van der Waals surface area contributed by atoms with E-state index >= 15 is 0 Å². The fourth-order valence-corrected chi connectivity index (χ4v) is 1.49. The van der Waals surface area contributed by atoms with Gasteiger partial charge in [-0.1, -0.05) is 0 Å². The third-order valence-corrected chi connectivity index (χ3v) is 2.35. The van der Waals surface area contributed by atoms with Gasteiger partial charge in [0.25, 0.3) is 0 Å². The molecule has 1 aromatic heterocycles. The van der Waals surface area contributed by atoms with Gasteiger partial charge in [-0.25, -0.2) is 0 Å². The maximum atomic E-state index is 5.47. The summed E-state index contributed by atoms with van der Waals surface area (Å²) in [5, 5.41) is 7.90. The van der Waals surface area contributed by atoms with Crippen LogP contribution in [0.15, 0.2) is 28.7 Å². The molecule has 0 aliphatic heterocycles. The van der Waals surface area contributed by atoms with E-state index in [0.29, 0.717) is 24.0 Å². The van der Waals surface area contributed by atoms with Crippen LogP contribution in [-0.2, 0) is 6.42 Å². The minimum atomic E-state index is 0.527. The second kappa shape index (κ2) is 5.03. The lowest BCUT2D eigenvalue weighted by Gasteiger charge is -1.99. The van der Waals surface area contributed by atoms with E-state index in [1.54, 1.807) is 7.11 Å². The molecule has 0 saturated heterocycles. The van der Waals surface area contributed by atoms with Gasteiger partial charge in [0, 0.05) is 12.0 Å². The largest absolute Gasteiger partial charge is 0.497 e. The summed E-state index contributed by atoms with van der Waals surface area (Å²) in [5.41, 5.74) is 0.888. The van der Waals surface area contributed by atoms with E-state index in [2.05, 4.69) is 22.8 Å². The molecule has 0 fully saturated rings. The van der Waals surface area contributed by atoms with Crippen molar-refractivity contribution in [3.63, 3.8) is 0 Å². The summed E-state index contributed by atoms with van der Waals surface area (Å²) in [7, 11) is 1.63. The normalized spacial score (nSPS) is 10.4. The lowest BCUT2D eigenvalue weighted by Crippen LogP contribution is -1.84. The summed E-state index contributed by atoms with van der Waals surface area (Å²) < 4.78 is 10.5. The van der Waals surface area contributed by atoms with Crippen molar-refractivity contribution < 1.29 is 9.15 Å². The Morgan fingerprint density at radius 1 is 1.25 bits per heavy atom. The zero-order chi connectivity index (χ0) is 11.4. The second-order valence-corrected chi connectivity index (χ2v) is 3.65. The molecule has 84 valence electrons. The minimum Gasteiger partial charge on any atom is -0.497 e. The minimum absolute atomic E-state index is 0.527. The second-order valence-electron chi connectivity index (χ2n) is 3.20. The number of hydrogen-bond acceptors (Lipinski definition) is 5. The van der Waals surface area contributed by atoms with Gasteiger partial charge in [-0.15, -0.1) is 10.2 Å². The zero-order valence-electron chi connectivity index (χ0n) is 8.88. The Bertz CT molecular complexity index is 453. The van der Waals surface area contributed by atoms with Crippen LogP contribution in [-0.4, -0.2) is 23.1 Å². The van der Waals surface area contributed by atoms with Crippen LogP contribution in [0.2, 0.25) is 0 Å². The first kappa shape index (κ1) is 11.0. The van der Waals surface area contributed by atoms with E-state index in [1.807, 2.05) is 24.3 Å². The van der Waals surface area contributed by atoms with Crippen molar-refractivity contribution in [2.24, 2.45) is 0 Å². The Kier molecular flexibility index (Phi) is 3.46.